The molecule has 2 aromatic heterocycles. The highest BCUT2D eigenvalue weighted by Crippen LogP contribution is 2.31. The van der Waals surface area contributed by atoms with Crippen molar-refractivity contribution in [2.45, 2.75) is 0 Å². The first kappa shape index (κ1) is 30.1. The Morgan fingerprint density at radius 1 is 0.512 bits per heavy atom. The summed E-state index contributed by atoms with van der Waals surface area (Å²) in [5.74, 6) is 0. The molecule has 6 aromatic rings. The summed E-state index contributed by atoms with van der Waals surface area (Å²) in [6, 6.07) is 44.0. The number of aromatic nitrogens is 2. The van der Waals surface area contributed by atoms with Gasteiger partial charge >= 0.3 is 0 Å². The molecule has 0 atom stereocenters. The van der Waals surface area contributed by atoms with E-state index in [2.05, 4.69) is 68.2 Å². The lowest BCUT2D eigenvalue weighted by molar-refractivity contribution is 1.31. The number of nitrogen functional groups attached to an aromatic ring is 1. The van der Waals surface area contributed by atoms with Crippen LogP contribution >= 0.6 is 45.8 Å². The lowest BCUT2D eigenvalue weighted by Crippen LogP contribution is -1.94. The number of rotatable bonds is 4. The van der Waals surface area contributed by atoms with Gasteiger partial charge in [-0.05, 0) is 70.1 Å². The summed E-state index contributed by atoms with van der Waals surface area (Å²) >= 11 is 13.8. The lowest BCUT2D eigenvalue weighted by Gasteiger charge is -2.12. The summed E-state index contributed by atoms with van der Waals surface area (Å²) in [5, 5.41) is 4.39. The molecule has 0 bridgehead atoms. The van der Waals surface area contributed by atoms with Crippen LogP contribution < -0.4 is 11.1 Å². The molecule has 0 aliphatic carbocycles. The van der Waals surface area contributed by atoms with Gasteiger partial charge in [-0.3, -0.25) is 0 Å². The van der Waals surface area contributed by atoms with Gasteiger partial charge in [0.15, 0.2) is 5.15 Å². The van der Waals surface area contributed by atoms with Gasteiger partial charge < -0.3 is 11.1 Å². The SMILES string of the molecule is Clc1ncccc1I.Clc1ncccc1Nc1ccccc1-c1ccccc1.Nc1ccccc1-c1ccccc1. The Balaban J connectivity index is 0.000000158. The maximum Gasteiger partial charge on any atom is 0.152 e. The second kappa shape index (κ2) is 15.8. The third-order valence-electron chi connectivity index (χ3n) is 5.80. The quantitative estimate of drug-likeness (QED) is 0.110. The first-order valence-corrected chi connectivity index (χ1v) is 14.5. The van der Waals surface area contributed by atoms with E-state index >= 15 is 0 Å². The normalized spacial score (nSPS) is 9.93. The third-order valence-corrected chi connectivity index (χ3v) is 7.59. The molecule has 0 aliphatic rings. The van der Waals surface area contributed by atoms with Crippen LogP contribution in [0.2, 0.25) is 10.3 Å². The standard InChI is InChI=1S/C17H13ClN2.C12H11N.C5H3ClIN/c18-17-16(11-6-12-19-17)20-15-10-5-4-9-14(15)13-7-2-1-3-8-13;13-12-9-5-4-8-11(12)10-6-2-1-3-7-10;6-5-4(7)2-1-3-8-5/h1-12,20H;1-9H,13H2;1-3H. The van der Waals surface area contributed by atoms with Gasteiger partial charge in [-0.15, -0.1) is 0 Å². The summed E-state index contributed by atoms with van der Waals surface area (Å²) in [6.07, 6.45) is 3.35. The topological polar surface area (TPSA) is 63.8 Å². The molecule has 0 unspecified atom stereocenters. The fourth-order valence-corrected chi connectivity index (χ4v) is 4.46. The van der Waals surface area contributed by atoms with Gasteiger partial charge in [0.2, 0.25) is 0 Å². The smallest absolute Gasteiger partial charge is 0.152 e. The molecule has 0 fully saturated rings. The maximum absolute atomic E-state index is 6.10. The maximum atomic E-state index is 6.10. The van der Waals surface area contributed by atoms with E-state index in [-0.39, 0.29) is 0 Å². The van der Waals surface area contributed by atoms with Crippen LogP contribution in [-0.2, 0) is 0 Å². The first-order chi connectivity index (χ1) is 20.0. The van der Waals surface area contributed by atoms with E-state index in [1.165, 1.54) is 5.56 Å². The van der Waals surface area contributed by atoms with E-state index in [1.54, 1.807) is 12.4 Å². The second-order valence-electron chi connectivity index (χ2n) is 8.61. The summed E-state index contributed by atoms with van der Waals surface area (Å²) < 4.78 is 0.992. The van der Waals surface area contributed by atoms with E-state index in [1.807, 2.05) is 103 Å². The van der Waals surface area contributed by atoms with E-state index in [0.29, 0.717) is 10.3 Å². The third kappa shape index (κ3) is 9.05. The molecule has 3 N–H and O–H groups in total. The van der Waals surface area contributed by atoms with Crippen LogP contribution in [0.3, 0.4) is 0 Å². The van der Waals surface area contributed by atoms with Crippen molar-refractivity contribution in [2.75, 3.05) is 11.1 Å². The number of pyridine rings is 2. The van der Waals surface area contributed by atoms with Crippen LogP contribution in [0, 0.1) is 3.57 Å². The van der Waals surface area contributed by atoms with Crippen LogP contribution in [0.25, 0.3) is 22.3 Å². The number of anilines is 3. The van der Waals surface area contributed by atoms with Crippen molar-refractivity contribution in [2.24, 2.45) is 0 Å². The van der Waals surface area contributed by atoms with Crippen LogP contribution in [0.4, 0.5) is 17.1 Å². The van der Waals surface area contributed by atoms with E-state index < -0.39 is 0 Å². The molecule has 2 heterocycles. The minimum Gasteiger partial charge on any atom is -0.398 e. The zero-order chi connectivity index (χ0) is 28.9. The van der Waals surface area contributed by atoms with E-state index in [4.69, 9.17) is 28.9 Å². The molecule has 0 aliphatic heterocycles. The largest absolute Gasteiger partial charge is 0.398 e. The number of nitrogens with two attached hydrogens (primary N) is 1. The van der Waals surface area contributed by atoms with Crippen molar-refractivity contribution >= 4 is 62.9 Å². The Morgan fingerprint density at radius 3 is 1.56 bits per heavy atom. The van der Waals surface area contributed by atoms with Crippen molar-refractivity contribution in [3.05, 3.63) is 160 Å². The molecular weight excluding hydrogens is 662 g/mol. The van der Waals surface area contributed by atoms with Crippen molar-refractivity contribution < 1.29 is 0 Å². The summed E-state index contributed by atoms with van der Waals surface area (Å²) in [5.41, 5.74) is 13.1. The monoisotopic (exact) mass is 688 g/mol. The number of nitrogens with one attached hydrogen (secondary N) is 1. The van der Waals surface area contributed by atoms with Crippen LogP contribution in [0.15, 0.2) is 146 Å². The van der Waals surface area contributed by atoms with Gasteiger partial charge in [0, 0.05) is 34.9 Å². The molecule has 41 heavy (non-hydrogen) atoms. The highest BCUT2D eigenvalue weighted by atomic mass is 127. The number of benzene rings is 4. The summed E-state index contributed by atoms with van der Waals surface area (Å²) in [7, 11) is 0. The van der Waals surface area contributed by atoms with Crippen molar-refractivity contribution in [3.8, 4) is 22.3 Å². The van der Waals surface area contributed by atoms with Crippen LogP contribution in [-0.4, -0.2) is 9.97 Å². The average molecular weight is 689 g/mol. The molecule has 4 aromatic carbocycles. The van der Waals surface area contributed by atoms with E-state index in [9.17, 15) is 0 Å². The summed E-state index contributed by atoms with van der Waals surface area (Å²) in [4.78, 5) is 7.92. The highest BCUT2D eigenvalue weighted by molar-refractivity contribution is 14.1. The van der Waals surface area contributed by atoms with Crippen molar-refractivity contribution in [1.29, 1.82) is 0 Å². The molecule has 204 valence electrons. The Hall–Kier alpha value is -3.91. The van der Waals surface area contributed by atoms with Crippen molar-refractivity contribution in [3.63, 3.8) is 0 Å². The zero-order valence-corrected chi connectivity index (χ0v) is 25.6. The molecule has 0 amide bonds. The van der Waals surface area contributed by atoms with E-state index in [0.717, 1.165) is 37.3 Å². The number of nitrogens with zero attached hydrogens (tertiary/aromatic N) is 2. The minimum absolute atomic E-state index is 0.468. The molecule has 0 saturated heterocycles. The van der Waals surface area contributed by atoms with Gasteiger partial charge in [0.05, 0.1) is 9.26 Å². The van der Waals surface area contributed by atoms with Gasteiger partial charge in [-0.25, -0.2) is 9.97 Å². The Labute approximate surface area is 264 Å². The molecule has 0 radical (unpaired) electrons. The fraction of sp³-hybridized carbons (Fsp3) is 0. The predicted octanol–water partition coefficient (Wildman–Crippen LogP) is 10.4. The molecule has 0 spiro atoms. The molecule has 6 rings (SSSR count). The van der Waals surface area contributed by atoms with Gasteiger partial charge in [0.25, 0.3) is 0 Å². The second-order valence-corrected chi connectivity index (χ2v) is 10.5. The average Bonchev–Trinajstić information content (AvgIpc) is 3.02. The molecule has 4 nitrogen and oxygen atoms in total. The summed E-state index contributed by atoms with van der Waals surface area (Å²) in [6.45, 7) is 0. The van der Waals surface area contributed by atoms with Crippen molar-refractivity contribution in [1.82, 2.24) is 9.97 Å². The van der Waals surface area contributed by atoms with Crippen LogP contribution in [0.1, 0.15) is 0 Å². The Kier molecular flexibility index (Phi) is 11.6. The predicted molar refractivity (Wildman–Crippen MR) is 183 cm³/mol. The number of hydrogen-bond acceptors (Lipinski definition) is 4. The fourth-order valence-electron chi connectivity index (χ4n) is 3.83. The van der Waals surface area contributed by atoms with Gasteiger partial charge in [0.1, 0.15) is 5.15 Å². The molecular formula is C34H27Cl2IN4. The highest BCUT2D eigenvalue weighted by Gasteiger charge is 2.06. The Bertz CT molecular complexity index is 1640. The minimum atomic E-state index is 0.468. The van der Waals surface area contributed by atoms with Gasteiger partial charge in [-0.2, -0.15) is 0 Å². The molecule has 0 saturated carbocycles. The molecule has 7 heteroatoms. The first-order valence-electron chi connectivity index (χ1n) is 12.7. The number of hydrogen-bond donors (Lipinski definition) is 2. The lowest BCUT2D eigenvalue weighted by atomic mass is 10.0. The number of para-hydroxylation sites is 2. The Morgan fingerprint density at radius 2 is 1.00 bits per heavy atom. The zero-order valence-electron chi connectivity index (χ0n) is 22.0. The van der Waals surface area contributed by atoms with Crippen LogP contribution in [0.5, 0.6) is 0 Å². The number of halogens is 3. The van der Waals surface area contributed by atoms with Gasteiger partial charge in [-0.1, -0.05) is 120 Å².